The number of aromatic nitrogens is 4. The fourth-order valence-corrected chi connectivity index (χ4v) is 4.01. The fourth-order valence-electron chi connectivity index (χ4n) is 4.01. The summed E-state index contributed by atoms with van der Waals surface area (Å²) in [7, 11) is 0. The molecule has 0 radical (unpaired) electrons. The number of nitrogens with one attached hydrogen (secondary N) is 2. The summed E-state index contributed by atoms with van der Waals surface area (Å²) >= 11 is 0. The quantitative estimate of drug-likeness (QED) is 0.317. The first-order valence-corrected chi connectivity index (χ1v) is 12.6. The van der Waals surface area contributed by atoms with Gasteiger partial charge >= 0.3 is 11.9 Å². The molecule has 1 saturated heterocycles. The Morgan fingerprint density at radius 1 is 1.10 bits per heavy atom. The highest BCUT2D eigenvalue weighted by Crippen LogP contribution is 2.33. The SMILES string of the molecule is [2H][C@@H]1[C@H](OC(=O)c2ccccc2)[C@@H](COC(=O)c2ccccc2)O[C@H]1n1cnc2c(=O)[nH]c(NC(=O)C(C)C)nc21. The number of carbonyl (C=O) groups excluding carboxylic acids is 3. The number of nitrogens with zero attached hydrogens (tertiary/aromatic N) is 3. The fraction of sp³-hybridized carbons (Fsp3) is 0.286. The Morgan fingerprint density at radius 3 is 2.40 bits per heavy atom. The Morgan fingerprint density at radius 2 is 1.75 bits per heavy atom. The van der Waals surface area contributed by atoms with Crippen molar-refractivity contribution in [3.8, 4) is 0 Å². The van der Waals surface area contributed by atoms with Crippen LogP contribution in [0.2, 0.25) is 0 Å². The molecule has 4 aromatic rings. The van der Waals surface area contributed by atoms with Crippen molar-refractivity contribution in [1.82, 2.24) is 19.5 Å². The van der Waals surface area contributed by atoms with Crippen molar-refractivity contribution < 1.29 is 30.0 Å². The Balaban J connectivity index is 1.44. The number of esters is 2. The molecule has 0 spiro atoms. The Hall–Kier alpha value is -4.84. The zero-order chi connectivity index (χ0) is 29.1. The number of rotatable bonds is 8. The third kappa shape index (κ3) is 5.76. The van der Waals surface area contributed by atoms with E-state index in [0.29, 0.717) is 5.56 Å². The van der Waals surface area contributed by atoms with Crippen molar-refractivity contribution in [3.63, 3.8) is 0 Å². The van der Waals surface area contributed by atoms with Crippen LogP contribution in [-0.4, -0.2) is 56.2 Å². The van der Waals surface area contributed by atoms with E-state index in [9.17, 15) is 19.2 Å². The van der Waals surface area contributed by atoms with E-state index in [1.165, 1.54) is 10.9 Å². The largest absolute Gasteiger partial charge is 0.459 e. The molecule has 0 bridgehead atoms. The number of carbonyl (C=O) groups is 3. The Kier molecular flexibility index (Phi) is 7.31. The van der Waals surface area contributed by atoms with Gasteiger partial charge in [0.05, 0.1) is 17.5 Å². The molecule has 1 aliphatic heterocycles. The van der Waals surface area contributed by atoms with Crippen molar-refractivity contribution in [2.24, 2.45) is 5.92 Å². The van der Waals surface area contributed by atoms with E-state index in [1.807, 2.05) is 0 Å². The summed E-state index contributed by atoms with van der Waals surface area (Å²) in [6, 6.07) is 16.6. The molecule has 2 aromatic carbocycles. The first kappa shape index (κ1) is 25.4. The number of hydrogen-bond acceptors (Lipinski definition) is 9. The van der Waals surface area contributed by atoms with Gasteiger partial charge in [0.25, 0.3) is 5.56 Å². The van der Waals surface area contributed by atoms with Crippen LogP contribution < -0.4 is 10.9 Å². The molecule has 0 unspecified atom stereocenters. The summed E-state index contributed by atoms with van der Waals surface area (Å²) < 4.78 is 27.6. The molecule has 0 aliphatic carbocycles. The number of aromatic amines is 1. The van der Waals surface area contributed by atoms with Crippen LogP contribution in [0.15, 0.2) is 71.8 Å². The molecule has 2 N–H and O–H groups in total. The zero-order valence-corrected chi connectivity index (χ0v) is 21.6. The molecule has 1 fully saturated rings. The van der Waals surface area contributed by atoms with Crippen molar-refractivity contribution in [3.05, 3.63) is 88.5 Å². The first-order chi connectivity index (χ1) is 19.7. The third-order valence-electron chi connectivity index (χ3n) is 6.15. The van der Waals surface area contributed by atoms with Crippen LogP contribution in [0, 0.1) is 5.92 Å². The first-order valence-electron chi connectivity index (χ1n) is 13.1. The van der Waals surface area contributed by atoms with Crippen molar-refractivity contribution >= 4 is 35.0 Å². The molecule has 12 nitrogen and oxygen atoms in total. The van der Waals surface area contributed by atoms with Gasteiger partial charge < -0.3 is 14.2 Å². The summed E-state index contributed by atoms with van der Waals surface area (Å²) in [5.41, 5.74) is -0.00437. The van der Waals surface area contributed by atoms with Gasteiger partial charge in [-0.25, -0.2) is 14.6 Å². The summed E-state index contributed by atoms with van der Waals surface area (Å²) in [5, 5.41) is 2.54. The van der Waals surface area contributed by atoms with E-state index in [0.717, 1.165) is 0 Å². The molecule has 2 aromatic heterocycles. The topological polar surface area (TPSA) is 154 Å². The van der Waals surface area contributed by atoms with Gasteiger partial charge in [-0.3, -0.25) is 24.5 Å². The lowest BCUT2D eigenvalue weighted by molar-refractivity contribution is -0.118. The standard InChI is InChI=1S/C28H27N5O7/c1-16(2)24(34)31-28-30-23-22(25(35)32-28)29-15-33(23)21-13-19(40-27(37)18-11-7-4-8-12-18)20(39-21)14-38-26(36)17-9-5-3-6-10-17/h3-12,15-16,19-21H,13-14H2,1-2H3,(H2,30,31,32,34,35)/t19-,20+,21+/m0/s1/i13D/t13-,19+,20-,21-/m1. The van der Waals surface area contributed by atoms with E-state index >= 15 is 0 Å². The second-order valence-electron chi connectivity index (χ2n) is 9.34. The van der Waals surface area contributed by atoms with Gasteiger partial charge in [0.15, 0.2) is 11.2 Å². The minimum atomic E-state index is -1.23. The van der Waals surface area contributed by atoms with Gasteiger partial charge in [-0.05, 0) is 24.3 Å². The average molecular weight is 547 g/mol. The van der Waals surface area contributed by atoms with Gasteiger partial charge in [-0.2, -0.15) is 4.98 Å². The minimum Gasteiger partial charge on any atom is -0.459 e. The number of benzene rings is 2. The Bertz CT molecular complexity index is 1620. The predicted molar refractivity (Wildman–Crippen MR) is 143 cm³/mol. The van der Waals surface area contributed by atoms with Crippen molar-refractivity contribution in [2.75, 3.05) is 11.9 Å². The molecular weight excluding hydrogens is 518 g/mol. The highest BCUT2D eigenvalue weighted by Gasteiger charge is 2.41. The summed E-state index contributed by atoms with van der Waals surface area (Å²) in [4.78, 5) is 61.3. The van der Waals surface area contributed by atoms with E-state index in [-0.39, 0.29) is 41.1 Å². The number of ether oxygens (including phenoxy) is 3. The molecular formula is C28H27N5O7. The summed E-state index contributed by atoms with van der Waals surface area (Å²) in [6.45, 7) is 3.06. The summed E-state index contributed by atoms with van der Waals surface area (Å²) in [5.74, 6) is -2.11. The number of H-pyrrole nitrogens is 1. The maximum absolute atomic E-state index is 12.9. The lowest BCUT2D eigenvalue weighted by Crippen LogP contribution is -2.32. The van der Waals surface area contributed by atoms with Crippen LogP contribution in [0.3, 0.4) is 0 Å². The number of fused-ring (bicyclic) bond motifs is 1. The normalized spacial score (nSPS) is 20.7. The lowest BCUT2D eigenvalue weighted by atomic mass is 10.1. The van der Waals surface area contributed by atoms with Crippen LogP contribution >= 0.6 is 0 Å². The van der Waals surface area contributed by atoms with Gasteiger partial charge in [0.2, 0.25) is 11.9 Å². The van der Waals surface area contributed by atoms with Crippen molar-refractivity contribution in [2.45, 2.75) is 38.7 Å². The molecule has 206 valence electrons. The third-order valence-corrected chi connectivity index (χ3v) is 6.15. The molecule has 5 rings (SSSR count). The number of anilines is 1. The maximum atomic E-state index is 12.9. The number of imidazole rings is 1. The van der Waals surface area contributed by atoms with Gasteiger partial charge in [-0.1, -0.05) is 50.2 Å². The molecule has 0 saturated carbocycles. The molecule has 40 heavy (non-hydrogen) atoms. The second kappa shape index (κ2) is 11.5. The second-order valence-corrected chi connectivity index (χ2v) is 9.34. The monoisotopic (exact) mass is 546 g/mol. The van der Waals surface area contributed by atoms with Gasteiger partial charge in [0.1, 0.15) is 25.0 Å². The van der Waals surface area contributed by atoms with Crippen LogP contribution in [0.25, 0.3) is 11.2 Å². The highest BCUT2D eigenvalue weighted by molar-refractivity contribution is 5.91. The minimum absolute atomic E-state index is 0.0415. The highest BCUT2D eigenvalue weighted by atomic mass is 16.6. The zero-order valence-electron chi connectivity index (χ0n) is 22.6. The number of amides is 1. The maximum Gasteiger partial charge on any atom is 0.338 e. The van der Waals surface area contributed by atoms with Gasteiger partial charge in [-0.15, -0.1) is 0 Å². The van der Waals surface area contributed by atoms with E-state index in [1.54, 1.807) is 74.5 Å². The number of hydrogen-bond donors (Lipinski definition) is 2. The van der Waals surface area contributed by atoms with Crippen molar-refractivity contribution in [1.29, 1.82) is 0 Å². The van der Waals surface area contributed by atoms with E-state index in [2.05, 4.69) is 20.3 Å². The van der Waals surface area contributed by atoms with Gasteiger partial charge in [0, 0.05) is 13.7 Å². The average Bonchev–Trinajstić information content (AvgIpc) is 3.53. The molecule has 1 amide bonds. The van der Waals surface area contributed by atoms with Crippen LogP contribution in [0.1, 0.15) is 48.6 Å². The van der Waals surface area contributed by atoms with Crippen LogP contribution in [0.4, 0.5) is 5.95 Å². The molecule has 12 heteroatoms. The summed E-state index contributed by atoms with van der Waals surface area (Å²) in [6.07, 6.45) is -3.26. The molecule has 1 aliphatic rings. The van der Waals surface area contributed by atoms with Crippen LogP contribution in [0.5, 0.6) is 0 Å². The van der Waals surface area contributed by atoms with E-state index < -0.39 is 42.3 Å². The molecule has 4 atom stereocenters. The predicted octanol–water partition coefficient (Wildman–Crippen LogP) is 3.08. The van der Waals surface area contributed by atoms with E-state index in [4.69, 9.17) is 15.6 Å². The lowest BCUT2D eigenvalue weighted by Gasteiger charge is -2.19. The molecule has 3 heterocycles. The Labute approximate surface area is 229 Å². The smallest absolute Gasteiger partial charge is 0.338 e. The van der Waals surface area contributed by atoms with Crippen LogP contribution in [-0.2, 0) is 19.0 Å².